The van der Waals surface area contributed by atoms with Crippen LogP contribution in [0, 0.1) is 17.2 Å². The van der Waals surface area contributed by atoms with Gasteiger partial charge in [0.25, 0.3) is 0 Å². The Kier molecular flexibility index (Phi) is 4.70. The fourth-order valence-corrected chi connectivity index (χ4v) is 3.58. The van der Waals surface area contributed by atoms with Crippen molar-refractivity contribution < 1.29 is 8.42 Å². The first-order chi connectivity index (χ1) is 9.53. The van der Waals surface area contributed by atoms with Gasteiger partial charge in [-0.15, -0.1) is 0 Å². The molecule has 0 aliphatic carbocycles. The van der Waals surface area contributed by atoms with Crippen LogP contribution in [0.2, 0.25) is 0 Å². The van der Waals surface area contributed by atoms with Crippen molar-refractivity contribution in [2.24, 2.45) is 5.92 Å². The van der Waals surface area contributed by atoms with Gasteiger partial charge in [0, 0.05) is 12.2 Å². The topological polar surface area (TPSA) is 94.9 Å². The number of pyridine rings is 1. The molecule has 1 saturated heterocycles. The number of nitrogens with one attached hydrogen (secondary N) is 2. The second kappa shape index (κ2) is 6.31. The molecule has 2 N–H and O–H groups in total. The second-order valence-electron chi connectivity index (χ2n) is 5.01. The molecule has 0 amide bonds. The molecule has 20 heavy (non-hydrogen) atoms. The third kappa shape index (κ3) is 3.54. The molecule has 0 radical (unpaired) electrons. The second-order valence-corrected chi connectivity index (χ2v) is 6.72. The summed E-state index contributed by atoms with van der Waals surface area (Å²) in [6, 6.07) is 4.53. The van der Waals surface area contributed by atoms with Gasteiger partial charge in [0.15, 0.2) is 0 Å². The largest absolute Gasteiger partial charge is 0.316 e. The Hall–Kier alpha value is -1.49. The van der Waals surface area contributed by atoms with Crippen molar-refractivity contribution in [3.63, 3.8) is 0 Å². The molecule has 6 nitrogen and oxygen atoms in total. The van der Waals surface area contributed by atoms with Gasteiger partial charge in [0.2, 0.25) is 10.0 Å². The number of aromatic nitrogens is 1. The van der Waals surface area contributed by atoms with E-state index in [9.17, 15) is 8.42 Å². The minimum atomic E-state index is -3.58. The molecule has 7 heteroatoms. The predicted octanol–water partition coefficient (Wildman–Crippen LogP) is 0.620. The average Bonchev–Trinajstić information content (AvgIpc) is 2.48. The summed E-state index contributed by atoms with van der Waals surface area (Å²) < 4.78 is 27.1. The zero-order valence-corrected chi connectivity index (χ0v) is 12.2. The molecule has 2 atom stereocenters. The molecule has 1 aliphatic rings. The van der Waals surface area contributed by atoms with E-state index in [0.29, 0.717) is 5.92 Å². The van der Waals surface area contributed by atoms with Crippen molar-refractivity contribution in [2.45, 2.75) is 30.7 Å². The molecular weight excluding hydrogens is 276 g/mol. The summed E-state index contributed by atoms with van der Waals surface area (Å²) in [4.78, 5) is 3.88. The molecule has 1 aliphatic heterocycles. The lowest BCUT2D eigenvalue weighted by atomic mass is 9.94. The van der Waals surface area contributed by atoms with E-state index < -0.39 is 10.0 Å². The number of sulfonamides is 1. The van der Waals surface area contributed by atoms with E-state index in [2.05, 4.69) is 15.0 Å². The molecule has 2 heterocycles. The molecule has 1 aromatic rings. The first kappa shape index (κ1) is 14.9. The summed E-state index contributed by atoms with van der Waals surface area (Å²) in [7, 11) is -3.58. The summed E-state index contributed by atoms with van der Waals surface area (Å²) >= 11 is 0. The molecule has 0 saturated carbocycles. The number of nitriles is 1. The van der Waals surface area contributed by atoms with Crippen LogP contribution in [0.5, 0.6) is 0 Å². The van der Waals surface area contributed by atoms with Gasteiger partial charge in [-0.05, 0) is 50.9 Å². The first-order valence-electron chi connectivity index (χ1n) is 6.62. The minimum Gasteiger partial charge on any atom is -0.316 e. The van der Waals surface area contributed by atoms with Gasteiger partial charge in [0.05, 0.1) is 0 Å². The van der Waals surface area contributed by atoms with Crippen molar-refractivity contribution in [1.29, 1.82) is 5.26 Å². The molecule has 108 valence electrons. The Morgan fingerprint density at radius 2 is 2.35 bits per heavy atom. The fraction of sp³-hybridized carbons (Fsp3) is 0.538. The van der Waals surface area contributed by atoms with E-state index in [1.807, 2.05) is 13.0 Å². The maximum Gasteiger partial charge on any atom is 0.242 e. The van der Waals surface area contributed by atoms with E-state index in [1.54, 1.807) is 0 Å². The Morgan fingerprint density at radius 1 is 1.55 bits per heavy atom. The highest BCUT2D eigenvalue weighted by molar-refractivity contribution is 7.89. The van der Waals surface area contributed by atoms with Crippen molar-refractivity contribution >= 4 is 10.0 Å². The number of piperidine rings is 1. The normalized spacial score (nSPS) is 21.1. The Balaban J connectivity index is 2.07. The van der Waals surface area contributed by atoms with Crippen molar-refractivity contribution in [1.82, 2.24) is 15.0 Å². The Morgan fingerprint density at radius 3 is 2.90 bits per heavy atom. The summed E-state index contributed by atoms with van der Waals surface area (Å²) in [5.74, 6) is 0.296. The summed E-state index contributed by atoms with van der Waals surface area (Å²) in [5.41, 5.74) is 0.202. The van der Waals surface area contributed by atoms with Crippen LogP contribution >= 0.6 is 0 Å². The smallest absolute Gasteiger partial charge is 0.242 e. The van der Waals surface area contributed by atoms with Crippen molar-refractivity contribution in [2.75, 3.05) is 13.1 Å². The lowest BCUT2D eigenvalue weighted by Crippen LogP contribution is -2.44. The zero-order chi connectivity index (χ0) is 14.6. The lowest BCUT2D eigenvalue weighted by molar-refractivity contribution is 0.320. The van der Waals surface area contributed by atoms with E-state index in [1.165, 1.54) is 18.3 Å². The summed E-state index contributed by atoms with van der Waals surface area (Å²) in [6.07, 6.45) is 3.30. The molecule has 1 aromatic heterocycles. The van der Waals surface area contributed by atoms with Crippen LogP contribution in [-0.2, 0) is 10.0 Å². The molecule has 0 bridgehead atoms. The van der Waals surface area contributed by atoms with Crippen LogP contribution in [0.1, 0.15) is 25.5 Å². The highest BCUT2D eigenvalue weighted by Gasteiger charge is 2.25. The monoisotopic (exact) mass is 294 g/mol. The highest BCUT2D eigenvalue weighted by Crippen LogP contribution is 2.17. The van der Waals surface area contributed by atoms with Gasteiger partial charge in [-0.2, -0.15) is 5.26 Å². The van der Waals surface area contributed by atoms with Crippen LogP contribution in [-0.4, -0.2) is 32.5 Å². The van der Waals surface area contributed by atoms with Gasteiger partial charge in [-0.25, -0.2) is 18.1 Å². The molecule has 0 aromatic carbocycles. The van der Waals surface area contributed by atoms with Gasteiger partial charge in [-0.1, -0.05) is 0 Å². The third-order valence-corrected chi connectivity index (χ3v) is 5.09. The van der Waals surface area contributed by atoms with Crippen molar-refractivity contribution in [3.05, 3.63) is 24.0 Å². The van der Waals surface area contributed by atoms with Crippen LogP contribution in [0.4, 0.5) is 0 Å². The quantitative estimate of drug-likeness (QED) is 0.849. The van der Waals surface area contributed by atoms with Crippen LogP contribution < -0.4 is 10.0 Å². The Labute approximate surface area is 119 Å². The van der Waals surface area contributed by atoms with Gasteiger partial charge < -0.3 is 5.32 Å². The minimum absolute atomic E-state index is 0.0899. The SMILES string of the molecule is CC(NS(=O)(=O)c1ccc(C#N)nc1)C1CCCNC1. The standard InChI is InChI=1S/C13H18N4O2S/c1-10(11-3-2-6-15-8-11)17-20(18,19)13-5-4-12(7-14)16-9-13/h4-5,9-11,15,17H,2-3,6,8H2,1H3. The van der Waals surface area contributed by atoms with Crippen LogP contribution in [0.3, 0.4) is 0 Å². The summed E-state index contributed by atoms with van der Waals surface area (Å²) in [6.45, 7) is 3.71. The fourth-order valence-electron chi connectivity index (χ4n) is 2.32. The van der Waals surface area contributed by atoms with E-state index in [4.69, 9.17) is 5.26 Å². The third-order valence-electron chi connectivity index (χ3n) is 3.54. The van der Waals surface area contributed by atoms with Gasteiger partial charge in [-0.3, -0.25) is 0 Å². The van der Waals surface area contributed by atoms with Crippen LogP contribution in [0.25, 0.3) is 0 Å². The highest BCUT2D eigenvalue weighted by atomic mass is 32.2. The lowest BCUT2D eigenvalue weighted by Gasteiger charge is -2.28. The predicted molar refractivity (Wildman–Crippen MR) is 74.3 cm³/mol. The summed E-state index contributed by atoms with van der Waals surface area (Å²) in [5, 5.41) is 11.9. The first-order valence-corrected chi connectivity index (χ1v) is 8.10. The van der Waals surface area contributed by atoms with Gasteiger partial charge in [0.1, 0.15) is 16.7 Å². The van der Waals surface area contributed by atoms with Crippen LogP contribution in [0.15, 0.2) is 23.2 Å². The molecule has 0 spiro atoms. The molecular formula is C13H18N4O2S. The number of nitrogens with zero attached hydrogens (tertiary/aromatic N) is 2. The average molecular weight is 294 g/mol. The molecule has 1 fully saturated rings. The maximum atomic E-state index is 12.2. The Bertz CT molecular complexity index is 586. The molecule has 2 rings (SSSR count). The number of hydrogen-bond acceptors (Lipinski definition) is 5. The maximum absolute atomic E-state index is 12.2. The zero-order valence-electron chi connectivity index (χ0n) is 11.3. The van der Waals surface area contributed by atoms with Gasteiger partial charge >= 0.3 is 0 Å². The number of rotatable bonds is 4. The molecule has 2 unspecified atom stereocenters. The van der Waals surface area contributed by atoms with E-state index >= 15 is 0 Å². The van der Waals surface area contributed by atoms with E-state index in [0.717, 1.165) is 25.9 Å². The van der Waals surface area contributed by atoms with Crippen molar-refractivity contribution in [3.8, 4) is 6.07 Å². The number of hydrogen-bond donors (Lipinski definition) is 2. The van der Waals surface area contributed by atoms with E-state index in [-0.39, 0.29) is 16.6 Å².